The van der Waals surface area contributed by atoms with Gasteiger partial charge in [-0.25, -0.2) is 15.0 Å². The smallest absolute Gasteiger partial charge is 0.227 e. The van der Waals surface area contributed by atoms with Crippen LogP contribution in [-0.2, 0) is 0 Å². The molecule has 0 radical (unpaired) electrons. The summed E-state index contributed by atoms with van der Waals surface area (Å²) in [5, 5.41) is 7.11. The molecule has 5 rings (SSSR count). The topological polar surface area (TPSA) is 83.8 Å². The highest BCUT2D eigenvalue weighted by Crippen LogP contribution is 2.32. The number of pyridine rings is 1. The van der Waals surface area contributed by atoms with E-state index in [1.165, 1.54) is 25.7 Å². The second-order valence-electron chi connectivity index (χ2n) is 8.82. The van der Waals surface area contributed by atoms with E-state index in [2.05, 4.69) is 48.9 Å². The van der Waals surface area contributed by atoms with Gasteiger partial charge in [0.05, 0.1) is 18.0 Å². The van der Waals surface area contributed by atoms with Crippen LogP contribution in [0.3, 0.4) is 0 Å². The lowest BCUT2D eigenvalue weighted by Gasteiger charge is -2.28. The van der Waals surface area contributed by atoms with Gasteiger partial charge in [0.15, 0.2) is 0 Å². The van der Waals surface area contributed by atoms with Crippen LogP contribution in [-0.4, -0.2) is 49.7 Å². The predicted molar refractivity (Wildman–Crippen MR) is 119 cm³/mol. The van der Waals surface area contributed by atoms with E-state index < -0.39 is 0 Å². The lowest BCUT2D eigenvalue weighted by molar-refractivity contribution is 0.338. The molecule has 3 aromatic rings. The Morgan fingerprint density at radius 1 is 1.07 bits per heavy atom. The van der Waals surface area contributed by atoms with Crippen molar-refractivity contribution in [2.45, 2.75) is 57.5 Å². The lowest BCUT2D eigenvalue weighted by atomic mass is 9.89. The highest BCUT2D eigenvalue weighted by molar-refractivity contribution is 5.78. The molecule has 1 unspecified atom stereocenters. The summed E-state index contributed by atoms with van der Waals surface area (Å²) in [6.07, 6.45) is 11.7. The molecule has 0 amide bonds. The molecule has 8 heteroatoms. The van der Waals surface area contributed by atoms with E-state index in [0.717, 1.165) is 54.7 Å². The molecule has 2 aliphatic heterocycles. The van der Waals surface area contributed by atoms with Crippen LogP contribution < -0.4 is 15.5 Å². The highest BCUT2D eigenvalue weighted by Gasteiger charge is 2.35. The van der Waals surface area contributed by atoms with Gasteiger partial charge in [0.2, 0.25) is 5.95 Å². The normalized spacial score (nSPS) is 22.2. The monoisotopic (exact) mass is 406 g/mol. The molecule has 0 saturated carbocycles. The van der Waals surface area contributed by atoms with Gasteiger partial charge in [-0.1, -0.05) is 0 Å². The van der Waals surface area contributed by atoms with Crippen molar-refractivity contribution in [2.24, 2.45) is 0 Å². The van der Waals surface area contributed by atoms with Gasteiger partial charge in [0.1, 0.15) is 17.2 Å². The Balaban J connectivity index is 1.34. The summed E-state index contributed by atoms with van der Waals surface area (Å²) in [4.78, 5) is 20.6. The maximum Gasteiger partial charge on any atom is 0.227 e. The number of nitrogens with one attached hydrogen (secondary N) is 2. The molecule has 0 aromatic carbocycles. The molecule has 2 aliphatic rings. The minimum Gasteiger partial charge on any atom is -0.341 e. The van der Waals surface area contributed by atoms with Crippen molar-refractivity contribution in [3.63, 3.8) is 0 Å². The zero-order valence-corrected chi connectivity index (χ0v) is 17.8. The Hall–Kier alpha value is -2.74. The number of hydrogen-bond donors (Lipinski definition) is 2. The van der Waals surface area contributed by atoms with E-state index in [-0.39, 0.29) is 0 Å². The fourth-order valence-electron chi connectivity index (χ4n) is 4.80. The average Bonchev–Trinajstić information content (AvgIpc) is 3.32. The first kappa shape index (κ1) is 19.2. The third-order valence-corrected chi connectivity index (χ3v) is 6.48. The Morgan fingerprint density at radius 3 is 2.80 bits per heavy atom. The van der Waals surface area contributed by atoms with Crippen LogP contribution in [0.4, 0.5) is 17.6 Å². The van der Waals surface area contributed by atoms with E-state index in [1.807, 2.05) is 30.9 Å². The van der Waals surface area contributed by atoms with Crippen molar-refractivity contribution >= 4 is 28.6 Å². The highest BCUT2D eigenvalue weighted by atomic mass is 15.3. The van der Waals surface area contributed by atoms with Gasteiger partial charge in [-0.3, -0.25) is 0 Å². The van der Waals surface area contributed by atoms with E-state index >= 15 is 0 Å². The number of nitrogens with zero attached hydrogens (tertiary/aromatic N) is 6. The number of rotatable bonds is 4. The van der Waals surface area contributed by atoms with Crippen LogP contribution >= 0.6 is 0 Å². The molecule has 2 fully saturated rings. The van der Waals surface area contributed by atoms with Crippen molar-refractivity contribution in [1.82, 2.24) is 29.8 Å². The molecule has 1 atom stereocenters. The number of anilines is 3. The summed E-state index contributed by atoms with van der Waals surface area (Å²) in [7, 11) is 0. The standard InChI is InChI=1S/C22H30N8/c1-16(2)30-15-25-17-14-24-20(13-18(17)30)27-19-5-10-23-21(28-19)29-11-4-7-22(8-12-29)6-3-9-26-22/h5,10,13-16,26H,3-4,6-9,11-12H2,1-2H3,(H,23,24,27,28). The van der Waals surface area contributed by atoms with Crippen molar-refractivity contribution in [3.8, 4) is 0 Å². The maximum absolute atomic E-state index is 4.79. The van der Waals surface area contributed by atoms with Crippen molar-refractivity contribution in [3.05, 3.63) is 30.9 Å². The van der Waals surface area contributed by atoms with Crippen LogP contribution in [0, 0.1) is 0 Å². The molecule has 0 bridgehead atoms. The van der Waals surface area contributed by atoms with Crippen molar-refractivity contribution in [1.29, 1.82) is 0 Å². The molecule has 158 valence electrons. The van der Waals surface area contributed by atoms with E-state index in [0.29, 0.717) is 11.6 Å². The molecule has 3 aromatic heterocycles. The Kier molecular flexibility index (Phi) is 5.02. The SMILES string of the molecule is CC(C)n1cnc2cnc(Nc3ccnc(N4CCCC5(CCCN5)CC4)n3)cc21. The summed E-state index contributed by atoms with van der Waals surface area (Å²) in [5.74, 6) is 2.32. The zero-order valence-electron chi connectivity index (χ0n) is 17.8. The fraction of sp³-hybridized carbons (Fsp3) is 0.545. The first-order chi connectivity index (χ1) is 14.6. The van der Waals surface area contributed by atoms with Gasteiger partial charge >= 0.3 is 0 Å². The van der Waals surface area contributed by atoms with Crippen LogP contribution in [0.5, 0.6) is 0 Å². The average molecular weight is 407 g/mol. The molecular weight excluding hydrogens is 376 g/mol. The Bertz CT molecular complexity index is 1020. The number of aromatic nitrogens is 5. The summed E-state index contributed by atoms with van der Waals surface area (Å²) in [6, 6.07) is 4.27. The number of imidazole rings is 1. The number of hydrogen-bond acceptors (Lipinski definition) is 7. The second kappa shape index (κ2) is 7.83. The first-order valence-electron chi connectivity index (χ1n) is 11.0. The first-order valence-corrected chi connectivity index (χ1v) is 11.0. The van der Waals surface area contributed by atoms with Gasteiger partial charge in [-0.05, 0) is 58.6 Å². The van der Waals surface area contributed by atoms with Crippen molar-refractivity contribution < 1.29 is 0 Å². The van der Waals surface area contributed by atoms with Crippen LogP contribution in [0.2, 0.25) is 0 Å². The van der Waals surface area contributed by atoms with E-state index in [9.17, 15) is 0 Å². The molecular formula is C22H30N8. The van der Waals surface area contributed by atoms with Crippen LogP contribution in [0.25, 0.3) is 11.0 Å². The fourth-order valence-corrected chi connectivity index (χ4v) is 4.80. The lowest BCUT2D eigenvalue weighted by Crippen LogP contribution is -2.40. The predicted octanol–water partition coefficient (Wildman–Crippen LogP) is 3.66. The second-order valence-corrected chi connectivity index (χ2v) is 8.82. The molecule has 2 N–H and O–H groups in total. The van der Waals surface area contributed by atoms with Gasteiger partial charge in [-0.2, -0.15) is 4.98 Å². The van der Waals surface area contributed by atoms with Gasteiger partial charge < -0.3 is 20.1 Å². The van der Waals surface area contributed by atoms with Crippen LogP contribution in [0.15, 0.2) is 30.9 Å². The third-order valence-electron chi connectivity index (χ3n) is 6.48. The minimum absolute atomic E-state index is 0.337. The molecule has 1 spiro atoms. The molecule has 8 nitrogen and oxygen atoms in total. The molecule has 5 heterocycles. The van der Waals surface area contributed by atoms with Crippen molar-refractivity contribution in [2.75, 3.05) is 29.9 Å². The summed E-state index contributed by atoms with van der Waals surface area (Å²) in [5.41, 5.74) is 2.30. The van der Waals surface area contributed by atoms with Gasteiger partial charge in [0, 0.05) is 36.9 Å². The molecule has 0 aliphatic carbocycles. The van der Waals surface area contributed by atoms with E-state index in [4.69, 9.17) is 4.98 Å². The molecule has 30 heavy (non-hydrogen) atoms. The van der Waals surface area contributed by atoms with Gasteiger partial charge in [-0.15, -0.1) is 0 Å². The van der Waals surface area contributed by atoms with E-state index in [1.54, 1.807) is 0 Å². The zero-order chi connectivity index (χ0) is 20.6. The van der Waals surface area contributed by atoms with Crippen LogP contribution in [0.1, 0.15) is 52.0 Å². The maximum atomic E-state index is 4.79. The summed E-state index contributed by atoms with van der Waals surface area (Å²) in [6.45, 7) is 7.46. The Morgan fingerprint density at radius 2 is 1.97 bits per heavy atom. The summed E-state index contributed by atoms with van der Waals surface area (Å²) >= 11 is 0. The quantitative estimate of drug-likeness (QED) is 0.684. The number of fused-ring (bicyclic) bond motifs is 1. The molecule has 2 saturated heterocycles. The third kappa shape index (κ3) is 3.71. The summed E-state index contributed by atoms with van der Waals surface area (Å²) < 4.78 is 2.15. The minimum atomic E-state index is 0.337. The Labute approximate surface area is 177 Å². The van der Waals surface area contributed by atoms with Gasteiger partial charge in [0.25, 0.3) is 0 Å². The largest absolute Gasteiger partial charge is 0.341 e.